The standard InChI is InChI=1S/C19H20INO2/c20-16-2-1-3-18-15(16)10-14-8-13(6-7-17(14)23-18)11-21-19(22)9-12-4-5-12/h2-3,7-8,10,12-13H,1,4-6,9,11H2,(H,21,22). The average Bonchev–Trinajstić information content (AvgIpc) is 3.35. The van der Waals surface area contributed by atoms with Crippen LogP contribution in [0.2, 0.25) is 0 Å². The molecule has 0 spiro atoms. The van der Waals surface area contributed by atoms with E-state index in [1.807, 2.05) is 0 Å². The Hall–Kier alpha value is -1.30. The minimum absolute atomic E-state index is 0.203. The highest BCUT2D eigenvalue weighted by Gasteiger charge is 2.27. The molecule has 4 rings (SSSR count). The van der Waals surface area contributed by atoms with Gasteiger partial charge in [0, 0.05) is 27.7 Å². The van der Waals surface area contributed by atoms with Gasteiger partial charge in [-0.05, 0) is 78.3 Å². The maximum atomic E-state index is 11.8. The predicted molar refractivity (Wildman–Crippen MR) is 98.6 cm³/mol. The summed E-state index contributed by atoms with van der Waals surface area (Å²) in [6, 6.07) is 0. The summed E-state index contributed by atoms with van der Waals surface area (Å²) in [6.07, 6.45) is 16.0. The topological polar surface area (TPSA) is 38.3 Å². The lowest BCUT2D eigenvalue weighted by Gasteiger charge is -2.28. The number of amides is 1. The summed E-state index contributed by atoms with van der Waals surface area (Å²) in [4.78, 5) is 11.8. The van der Waals surface area contributed by atoms with E-state index in [4.69, 9.17) is 4.74 Å². The summed E-state index contributed by atoms with van der Waals surface area (Å²) < 4.78 is 7.30. The zero-order valence-corrected chi connectivity index (χ0v) is 15.1. The first kappa shape index (κ1) is 15.2. The second-order valence-electron chi connectivity index (χ2n) is 6.65. The number of hydrogen-bond acceptors (Lipinski definition) is 2. The molecule has 0 aromatic heterocycles. The summed E-state index contributed by atoms with van der Waals surface area (Å²) >= 11 is 2.37. The van der Waals surface area contributed by atoms with Crippen LogP contribution >= 0.6 is 22.6 Å². The van der Waals surface area contributed by atoms with Crippen LogP contribution in [-0.2, 0) is 9.53 Å². The van der Waals surface area contributed by atoms with E-state index < -0.39 is 0 Å². The third-order valence-corrected chi connectivity index (χ3v) is 5.70. The highest BCUT2D eigenvalue weighted by molar-refractivity contribution is 14.1. The first-order chi connectivity index (χ1) is 11.2. The zero-order chi connectivity index (χ0) is 15.8. The molecule has 0 aromatic carbocycles. The second-order valence-corrected chi connectivity index (χ2v) is 7.82. The predicted octanol–water partition coefficient (Wildman–Crippen LogP) is 4.30. The molecule has 1 N–H and O–H groups in total. The zero-order valence-electron chi connectivity index (χ0n) is 13.0. The van der Waals surface area contributed by atoms with Crippen LogP contribution in [0.25, 0.3) is 0 Å². The van der Waals surface area contributed by atoms with Gasteiger partial charge >= 0.3 is 0 Å². The Balaban J connectivity index is 1.44. The van der Waals surface area contributed by atoms with Crippen molar-refractivity contribution in [2.24, 2.45) is 11.8 Å². The van der Waals surface area contributed by atoms with Crippen molar-refractivity contribution in [3.63, 3.8) is 0 Å². The minimum Gasteiger partial charge on any atom is -0.457 e. The summed E-state index contributed by atoms with van der Waals surface area (Å²) in [6.45, 7) is 0.720. The molecule has 23 heavy (non-hydrogen) atoms. The van der Waals surface area contributed by atoms with Crippen LogP contribution in [0.3, 0.4) is 0 Å². The highest BCUT2D eigenvalue weighted by atomic mass is 127. The lowest BCUT2D eigenvalue weighted by atomic mass is 9.91. The van der Waals surface area contributed by atoms with E-state index in [1.54, 1.807) is 0 Å². The van der Waals surface area contributed by atoms with Gasteiger partial charge in [0.2, 0.25) is 5.91 Å². The molecule has 1 saturated carbocycles. The Kier molecular flexibility index (Phi) is 4.18. The fourth-order valence-corrected chi connectivity index (χ4v) is 3.84. The van der Waals surface area contributed by atoms with Crippen molar-refractivity contribution in [3.8, 4) is 0 Å². The highest BCUT2D eigenvalue weighted by Crippen LogP contribution is 2.40. The SMILES string of the molecule is O=C(CC1CC1)NCC1C=C2C=C3C(I)=CCC=C3OC2=CC1. The van der Waals surface area contributed by atoms with Crippen LogP contribution in [-0.4, -0.2) is 12.5 Å². The first-order valence-corrected chi connectivity index (χ1v) is 9.42. The molecule has 3 aliphatic carbocycles. The molecule has 0 bridgehead atoms. The number of ether oxygens (including phenoxy) is 1. The van der Waals surface area contributed by atoms with E-state index in [9.17, 15) is 4.79 Å². The van der Waals surface area contributed by atoms with E-state index in [0.717, 1.165) is 36.5 Å². The number of carbonyl (C=O) groups excluding carboxylic acids is 1. The summed E-state index contributed by atoms with van der Waals surface area (Å²) in [5.41, 5.74) is 2.33. The molecule has 3 nitrogen and oxygen atoms in total. The summed E-state index contributed by atoms with van der Waals surface area (Å²) in [5.74, 6) is 3.15. The Morgan fingerprint density at radius 2 is 2.13 bits per heavy atom. The van der Waals surface area contributed by atoms with E-state index in [-0.39, 0.29) is 5.91 Å². The Morgan fingerprint density at radius 3 is 2.96 bits per heavy atom. The van der Waals surface area contributed by atoms with Crippen molar-refractivity contribution in [1.82, 2.24) is 5.32 Å². The van der Waals surface area contributed by atoms with Crippen LogP contribution in [0.4, 0.5) is 0 Å². The van der Waals surface area contributed by atoms with Crippen LogP contribution in [0, 0.1) is 11.8 Å². The van der Waals surface area contributed by atoms with Crippen molar-refractivity contribution in [2.45, 2.75) is 32.1 Å². The van der Waals surface area contributed by atoms with Crippen LogP contribution in [0.1, 0.15) is 32.1 Å². The van der Waals surface area contributed by atoms with Crippen molar-refractivity contribution in [3.05, 3.63) is 56.6 Å². The second kappa shape index (κ2) is 6.30. The third-order valence-electron chi connectivity index (χ3n) is 4.68. The molecule has 1 fully saturated rings. The number of rotatable bonds is 4. The van der Waals surface area contributed by atoms with Crippen molar-refractivity contribution in [1.29, 1.82) is 0 Å². The summed E-state index contributed by atoms with van der Waals surface area (Å²) in [7, 11) is 0. The lowest BCUT2D eigenvalue weighted by molar-refractivity contribution is -0.121. The quantitative estimate of drug-likeness (QED) is 0.688. The molecule has 0 radical (unpaired) electrons. The number of fused-ring (bicyclic) bond motifs is 2. The molecular weight excluding hydrogens is 401 g/mol. The van der Waals surface area contributed by atoms with Crippen LogP contribution < -0.4 is 5.32 Å². The molecule has 1 unspecified atom stereocenters. The van der Waals surface area contributed by atoms with E-state index in [2.05, 4.69) is 58.3 Å². The maximum absolute atomic E-state index is 11.8. The molecule has 0 saturated heterocycles. The van der Waals surface area contributed by atoms with Gasteiger partial charge in [-0.1, -0.05) is 12.2 Å². The monoisotopic (exact) mass is 421 g/mol. The van der Waals surface area contributed by atoms with Gasteiger partial charge in [-0.25, -0.2) is 0 Å². The molecule has 4 aliphatic rings. The van der Waals surface area contributed by atoms with Crippen molar-refractivity contribution >= 4 is 28.5 Å². The van der Waals surface area contributed by atoms with Crippen LogP contribution in [0.5, 0.6) is 0 Å². The summed E-state index contributed by atoms with van der Waals surface area (Å²) in [5, 5.41) is 3.09. The molecular formula is C19H20INO2. The maximum Gasteiger partial charge on any atom is 0.220 e. The third kappa shape index (κ3) is 3.47. The van der Waals surface area contributed by atoms with E-state index in [0.29, 0.717) is 18.3 Å². The Labute approximate surface area is 150 Å². The van der Waals surface area contributed by atoms with E-state index in [1.165, 1.54) is 22.0 Å². The van der Waals surface area contributed by atoms with Gasteiger partial charge in [0.05, 0.1) is 0 Å². The Bertz CT molecular complexity index is 692. The van der Waals surface area contributed by atoms with Gasteiger partial charge in [0.1, 0.15) is 11.5 Å². The molecule has 1 amide bonds. The molecule has 1 atom stereocenters. The van der Waals surface area contributed by atoms with Gasteiger partial charge in [-0.3, -0.25) is 4.79 Å². The van der Waals surface area contributed by atoms with Gasteiger partial charge < -0.3 is 10.1 Å². The fourth-order valence-electron chi connectivity index (χ4n) is 3.16. The van der Waals surface area contributed by atoms with Gasteiger partial charge in [0.25, 0.3) is 0 Å². The number of nitrogens with one attached hydrogen (secondary N) is 1. The molecule has 1 aliphatic heterocycles. The molecule has 1 heterocycles. The normalized spacial score (nSPS) is 25.6. The molecule has 4 heteroatoms. The van der Waals surface area contributed by atoms with Gasteiger partial charge in [-0.2, -0.15) is 0 Å². The largest absolute Gasteiger partial charge is 0.457 e. The van der Waals surface area contributed by atoms with Crippen molar-refractivity contribution in [2.75, 3.05) is 6.54 Å². The lowest BCUT2D eigenvalue weighted by Crippen LogP contribution is -2.29. The number of allylic oxidation sites excluding steroid dienone is 5. The van der Waals surface area contributed by atoms with E-state index >= 15 is 0 Å². The first-order valence-electron chi connectivity index (χ1n) is 8.34. The Morgan fingerprint density at radius 1 is 1.26 bits per heavy atom. The van der Waals surface area contributed by atoms with Gasteiger partial charge in [0.15, 0.2) is 0 Å². The smallest absolute Gasteiger partial charge is 0.220 e. The fraction of sp³-hybridized carbons (Fsp3) is 0.421. The minimum atomic E-state index is 0.203. The molecule has 0 aromatic rings. The van der Waals surface area contributed by atoms with Gasteiger partial charge in [-0.15, -0.1) is 0 Å². The number of carbonyl (C=O) groups is 1. The number of hydrogen-bond donors (Lipinski definition) is 1. The van der Waals surface area contributed by atoms with Crippen LogP contribution in [0.15, 0.2) is 56.6 Å². The average molecular weight is 421 g/mol. The van der Waals surface area contributed by atoms with Crippen molar-refractivity contribution < 1.29 is 9.53 Å². The molecule has 120 valence electrons. The number of halogens is 1.